The Morgan fingerprint density at radius 2 is 0.431 bits per heavy atom. The molecule has 0 fully saturated rings. The molecule has 0 saturated heterocycles. The van der Waals surface area contributed by atoms with Gasteiger partial charge in [0, 0.05) is 67.8 Å². The van der Waals surface area contributed by atoms with E-state index in [9.17, 15) is 0 Å². The van der Waals surface area contributed by atoms with Gasteiger partial charge in [0.25, 0.3) is 23.6 Å². The highest BCUT2D eigenvalue weighted by molar-refractivity contribution is 6.41. The van der Waals surface area contributed by atoms with Crippen LogP contribution in [0.5, 0.6) is 0 Å². The fraction of sp³-hybridized carbons (Fsp3) is 0.419. The average Bonchev–Trinajstić information content (AvgIpc) is 1.13. The van der Waals surface area contributed by atoms with Crippen molar-refractivity contribution in [3.63, 3.8) is 0 Å². The number of imide groups is 2. The standard InChI is InChI=1S/C124H138N2O4/c1-19-73(9)65-121(66-74(10)20-2)105-57-81(17)31-39-89(105)93-43-35-85(61-109(93)121)87-37-45-95-91-41-33-83(59-107(91)123(111(95)63-87,69-77(13)23-5)70-78(14)24-6)29-27-55-125-117(127)101-51-47-97-99-49-53-103-116-104(54-50-100(114(99)116)98-48-52-102(118(125)128)115(101)113(97)98)120(130)126(119(103)129)56-28-30-84-34-42-92-96-46-38-88(64-112(96)124(108(92)60-84,71-79(15)25-7)72-80(16)26-8)86-36-44-94-90-40-32-82(18)58-106(90)122(110(94)62-86,67-75(11)21-3)68-76(12)22-4/h31-54,57-64,73-80H,19-30,55-56,65-72H2,1-18H3. The lowest BCUT2D eigenvalue weighted by Gasteiger charge is -2.37. The van der Waals surface area contributed by atoms with Crippen LogP contribution in [-0.2, 0) is 34.5 Å². The first-order valence-electron chi connectivity index (χ1n) is 50.7. The van der Waals surface area contributed by atoms with E-state index in [1.807, 2.05) is 48.5 Å². The van der Waals surface area contributed by atoms with Crippen molar-refractivity contribution in [2.75, 3.05) is 13.1 Å². The molecule has 0 aromatic heterocycles. The maximum Gasteiger partial charge on any atom is 0.261 e. The molecule has 4 amide bonds. The zero-order valence-electron chi connectivity index (χ0n) is 81.2. The van der Waals surface area contributed by atoms with Crippen LogP contribution in [0.4, 0.5) is 0 Å². The number of fused-ring (bicyclic) bond motifs is 14. The van der Waals surface area contributed by atoms with Crippen LogP contribution in [0.1, 0.15) is 335 Å². The van der Waals surface area contributed by atoms with Crippen molar-refractivity contribution in [2.45, 2.75) is 275 Å². The van der Waals surface area contributed by atoms with E-state index in [-0.39, 0.29) is 58.4 Å². The number of carbonyl (C=O) groups excluding carboxylic acids is 4. The van der Waals surface area contributed by atoms with Crippen molar-refractivity contribution in [2.24, 2.45) is 47.3 Å². The van der Waals surface area contributed by atoms with Crippen LogP contribution in [0.25, 0.3) is 110 Å². The fourth-order valence-corrected chi connectivity index (χ4v) is 26.0. The Balaban J connectivity index is 0.575. The number of benzene rings is 13. The van der Waals surface area contributed by atoms with Gasteiger partial charge in [0.2, 0.25) is 0 Å². The molecule has 0 saturated carbocycles. The molecule has 13 aromatic rings. The van der Waals surface area contributed by atoms with Gasteiger partial charge in [0.15, 0.2) is 0 Å². The second kappa shape index (κ2) is 34.6. The molecule has 668 valence electrons. The molecular weight excluding hydrogens is 1580 g/mol. The molecule has 0 bridgehead atoms. The first kappa shape index (κ1) is 88.7. The molecule has 4 aliphatic carbocycles. The van der Waals surface area contributed by atoms with Gasteiger partial charge in [-0.3, -0.25) is 29.0 Å². The molecular formula is C124H138N2O4. The van der Waals surface area contributed by atoms with Gasteiger partial charge in [-0.2, -0.15) is 0 Å². The first-order chi connectivity index (χ1) is 62.7. The molecule has 19 rings (SSSR count). The van der Waals surface area contributed by atoms with E-state index in [4.69, 9.17) is 0 Å². The van der Waals surface area contributed by atoms with Crippen LogP contribution in [0.3, 0.4) is 0 Å². The lowest BCUT2D eigenvalue weighted by Crippen LogP contribution is -2.41. The summed E-state index contributed by atoms with van der Waals surface area (Å²) in [5, 5.41) is 6.64. The summed E-state index contributed by atoms with van der Waals surface area (Å²) in [7, 11) is 0. The normalized spacial score (nSPS) is 20.4. The van der Waals surface area contributed by atoms with Crippen LogP contribution >= 0.6 is 0 Å². The van der Waals surface area contributed by atoms with Gasteiger partial charge in [-0.1, -0.05) is 319 Å². The molecule has 6 aliphatic rings. The number of carbonyl (C=O) groups is 4. The number of nitrogens with zero attached hydrogens (tertiary/aromatic N) is 2. The van der Waals surface area contributed by atoms with Gasteiger partial charge in [-0.25, -0.2) is 0 Å². The number of hydrogen-bond acceptors (Lipinski definition) is 4. The number of aryl methyl sites for hydroxylation is 4. The first-order valence-corrected chi connectivity index (χ1v) is 50.7. The molecule has 2 heterocycles. The third-order valence-electron chi connectivity index (χ3n) is 34.2. The van der Waals surface area contributed by atoms with Gasteiger partial charge in [-0.15, -0.1) is 0 Å². The predicted molar refractivity (Wildman–Crippen MR) is 546 cm³/mol. The highest BCUT2D eigenvalue weighted by Crippen LogP contribution is 2.63. The number of rotatable bonds is 34. The molecule has 0 radical (unpaired) electrons. The van der Waals surface area contributed by atoms with E-state index in [0.29, 0.717) is 106 Å². The number of amides is 4. The summed E-state index contributed by atoms with van der Waals surface area (Å²) in [5.74, 6) is 3.22. The summed E-state index contributed by atoms with van der Waals surface area (Å²) in [6.45, 7) is 43.6. The van der Waals surface area contributed by atoms with Gasteiger partial charge in [0.05, 0.1) is 0 Å². The van der Waals surface area contributed by atoms with Crippen LogP contribution in [-0.4, -0.2) is 46.5 Å². The maximum absolute atomic E-state index is 15.2. The van der Waals surface area contributed by atoms with Gasteiger partial charge < -0.3 is 0 Å². The van der Waals surface area contributed by atoms with E-state index >= 15 is 19.2 Å². The van der Waals surface area contributed by atoms with Crippen LogP contribution in [0.2, 0.25) is 0 Å². The SMILES string of the molecule is CCC(C)CC1(CC(C)CC)c2cc(C)ccc2-c2ccc(-c3ccc4c(c3)C(CC(C)CC)(CC(C)CC)c3cc(CCCN5C(=O)c6ccc7c8ccc9c%10c(ccc(c%11ccc(c6c7%11)C5=O)c%108)C(=O)N(CCCc5ccc6c(c5)C(CC(C)CC)(CC(C)CC)c5cc(-c7ccc8c(c7)C(CC(C)CC)(CC(C)CC)c7cc(C)ccc7-8)ccc5-6)C9=O)ccc3-4)cc21. The summed E-state index contributed by atoms with van der Waals surface area (Å²) >= 11 is 0. The van der Waals surface area contributed by atoms with Crippen LogP contribution in [0.15, 0.2) is 194 Å². The highest BCUT2D eigenvalue weighted by Gasteiger charge is 2.51. The van der Waals surface area contributed by atoms with Crippen LogP contribution < -0.4 is 0 Å². The highest BCUT2D eigenvalue weighted by atomic mass is 16.2. The van der Waals surface area contributed by atoms with E-state index in [1.165, 1.54) is 143 Å². The van der Waals surface area contributed by atoms with E-state index in [0.717, 1.165) is 135 Å². The Bertz CT molecular complexity index is 6130. The summed E-state index contributed by atoms with van der Waals surface area (Å²) in [5.41, 5.74) is 34.8. The van der Waals surface area contributed by atoms with Crippen molar-refractivity contribution in [1.82, 2.24) is 9.80 Å². The molecule has 130 heavy (non-hydrogen) atoms. The Morgan fingerprint density at radius 3 is 0.662 bits per heavy atom. The van der Waals surface area contributed by atoms with Gasteiger partial charge in [-0.05, 0) is 341 Å². The minimum Gasteiger partial charge on any atom is -0.274 e. The molecule has 0 N–H and O–H groups in total. The van der Waals surface area contributed by atoms with Crippen molar-refractivity contribution in [1.29, 1.82) is 0 Å². The van der Waals surface area contributed by atoms with Crippen LogP contribution in [0, 0.1) is 61.2 Å². The molecule has 2 aliphatic heterocycles. The van der Waals surface area contributed by atoms with E-state index < -0.39 is 0 Å². The lowest BCUT2D eigenvalue weighted by atomic mass is 9.66. The average molecular weight is 1720 g/mol. The third-order valence-corrected chi connectivity index (χ3v) is 34.2. The summed E-state index contributed by atoms with van der Waals surface area (Å²) < 4.78 is 0. The smallest absolute Gasteiger partial charge is 0.261 e. The molecule has 0 spiro atoms. The topological polar surface area (TPSA) is 74.8 Å². The maximum atomic E-state index is 15.2. The number of hydrogen-bond donors (Lipinski definition) is 0. The Hall–Kier alpha value is -10.6. The minimum atomic E-state index is -0.273. The Morgan fingerprint density at radius 1 is 0.231 bits per heavy atom. The minimum absolute atomic E-state index is 0.0553. The lowest BCUT2D eigenvalue weighted by molar-refractivity contribution is 0.0593. The van der Waals surface area contributed by atoms with Crippen molar-refractivity contribution in [3.8, 4) is 66.8 Å². The largest absolute Gasteiger partial charge is 0.274 e. The van der Waals surface area contributed by atoms with Crippen molar-refractivity contribution in [3.05, 3.63) is 283 Å². The molecule has 8 atom stereocenters. The molecule has 8 unspecified atom stereocenters. The van der Waals surface area contributed by atoms with E-state index in [1.54, 1.807) is 0 Å². The molecule has 13 aromatic carbocycles. The molecule has 6 heteroatoms. The summed E-state index contributed by atoms with van der Waals surface area (Å²) in [6, 6.07) is 74.6. The van der Waals surface area contributed by atoms with Gasteiger partial charge in [0.1, 0.15) is 0 Å². The zero-order chi connectivity index (χ0) is 91.1. The van der Waals surface area contributed by atoms with Gasteiger partial charge >= 0.3 is 0 Å². The second-order valence-electron chi connectivity index (χ2n) is 42.8. The monoisotopic (exact) mass is 1720 g/mol. The summed E-state index contributed by atoms with van der Waals surface area (Å²) in [6.07, 6.45) is 20.5. The van der Waals surface area contributed by atoms with Crippen molar-refractivity contribution < 1.29 is 19.2 Å². The second-order valence-corrected chi connectivity index (χ2v) is 42.8. The Kier molecular flexibility index (Phi) is 23.6. The molecule has 6 nitrogen and oxygen atoms in total. The van der Waals surface area contributed by atoms with Crippen molar-refractivity contribution >= 4 is 66.7 Å². The predicted octanol–water partition coefficient (Wildman–Crippen LogP) is 32.7. The van der Waals surface area contributed by atoms with E-state index in [2.05, 4.69) is 270 Å². The summed E-state index contributed by atoms with van der Waals surface area (Å²) in [4.78, 5) is 63.9. The quantitative estimate of drug-likeness (QED) is 0.0229. The zero-order valence-corrected chi connectivity index (χ0v) is 81.2. The fourth-order valence-electron chi connectivity index (χ4n) is 26.0. The third kappa shape index (κ3) is 14.3. The Labute approximate surface area is 775 Å².